The molecule has 0 aliphatic rings. The molecule has 0 aliphatic carbocycles. The van der Waals surface area contributed by atoms with E-state index in [1.165, 1.54) is 0 Å². The molecule has 0 aliphatic heterocycles. The van der Waals surface area contributed by atoms with Gasteiger partial charge in [0, 0.05) is 17.3 Å². The van der Waals surface area contributed by atoms with E-state index in [2.05, 4.69) is 36.1 Å². The SMILES string of the molecule is CCCC(C)(C)Nc1cc(C)nc(Cl)n1. The number of hydrogen-bond donors (Lipinski definition) is 1. The van der Waals surface area contributed by atoms with Crippen LogP contribution in [0.2, 0.25) is 5.28 Å². The van der Waals surface area contributed by atoms with E-state index in [1.54, 1.807) is 0 Å². The molecule has 0 radical (unpaired) electrons. The summed E-state index contributed by atoms with van der Waals surface area (Å²) in [5, 5.41) is 3.66. The molecule has 0 amide bonds. The lowest BCUT2D eigenvalue weighted by Gasteiger charge is -2.26. The Morgan fingerprint density at radius 3 is 2.60 bits per heavy atom. The summed E-state index contributed by atoms with van der Waals surface area (Å²) in [5.74, 6) is 0.797. The zero-order valence-corrected chi connectivity index (χ0v) is 10.5. The minimum absolute atomic E-state index is 0.0405. The summed E-state index contributed by atoms with van der Waals surface area (Å²) >= 11 is 5.79. The van der Waals surface area contributed by atoms with Crippen molar-refractivity contribution in [2.75, 3.05) is 5.32 Å². The van der Waals surface area contributed by atoms with Crippen LogP contribution >= 0.6 is 11.6 Å². The van der Waals surface area contributed by atoms with Gasteiger partial charge in [0.2, 0.25) is 5.28 Å². The molecule has 0 saturated carbocycles. The third-order valence-electron chi connectivity index (χ3n) is 2.17. The quantitative estimate of drug-likeness (QED) is 0.801. The average molecular weight is 228 g/mol. The van der Waals surface area contributed by atoms with Gasteiger partial charge in [0.05, 0.1) is 0 Å². The van der Waals surface area contributed by atoms with Crippen LogP contribution in [0.25, 0.3) is 0 Å². The number of halogens is 1. The Balaban J connectivity index is 2.80. The normalized spacial score (nSPS) is 11.5. The van der Waals surface area contributed by atoms with Gasteiger partial charge in [-0.1, -0.05) is 13.3 Å². The number of anilines is 1. The first-order chi connectivity index (χ1) is 6.93. The molecule has 1 aromatic heterocycles. The van der Waals surface area contributed by atoms with Gasteiger partial charge in [-0.05, 0) is 38.8 Å². The van der Waals surface area contributed by atoms with Crippen LogP contribution < -0.4 is 5.32 Å². The van der Waals surface area contributed by atoms with Crippen LogP contribution in [-0.2, 0) is 0 Å². The van der Waals surface area contributed by atoms with Gasteiger partial charge in [-0.3, -0.25) is 0 Å². The molecule has 0 unspecified atom stereocenters. The van der Waals surface area contributed by atoms with Crippen LogP contribution in [0.15, 0.2) is 6.07 Å². The maximum Gasteiger partial charge on any atom is 0.224 e. The van der Waals surface area contributed by atoms with E-state index in [1.807, 2.05) is 13.0 Å². The second kappa shape index (κ2) is 4.79. The number of rotatable bonds is 4. The summed E-state index contributed by atoms with van der Waals surface area (Å²) in [4.78, 5) is 8.17. The van der Waals surface area contributed by atoms with Crippen LogP contribution in [0.4, 0.5) is 5.82 Å². The van der Waals surface area contributed by atoms with Crippen molar-refractivity contribution in [1.82, 2.24) is 9.97 Å². The van der Waals surface area contributed by atoms with E-state index >= 15 is 0 Å². The lowest BCUT2D eigenvalue weighted by atomic mass is 9.99. The lowest BCUT2D eigenvalue weighted by molar-refractivity contribution is 0.509. The second-order valence-corrected chi connectivity index (χ2v) is 4.76. The molecule has 3 nitrogen and oxygen atoms in total. The molecule has 0 bridgehead atoms. The van der Waals surface area contributed by atoms with Crippen LogP contribution in [0.5, 0.6) is 0 Å². The van der Waals surface area contributed by atoms with Gasteiger partial charge in [0.25, 0.3) is 0 Å². The third-order valence-corrected chi connectivity index (χ3v) is 2.34. The largest absolute Gasteiger partial charge is 0.365 e. The highest BCUT2D eigenvalue weighted by atomic mass is 35.5. The van der Waals surface area contributed by atoms with Gasteiger partial charge in [0.1, 0.15) is 5.82 Å². The highest BCUT2D eigenvalue weighted by Crippen LogP contribution is 2.19. The molecule has 0 fully saturated rings. The van der Waals surface area contributed by atoms with Crippen molar-refractivity contribution in [3.8, 4) is 0 Å². The Labute approximate surface area is 96.3 Å². The molecular weight excluding hydrogens is 210 g/mol. The minimum atomic E-state index is 0.0405. The molecule has 15 heavy (non-hydrogen) atoms. The third kappa shape index (κ3) is 4.04. The molecule has 0 saturated heterocycles. The second-order valence-electron chi connectivity index (χ2n) is 4.42. The number of hydrogen-bond acceptors (Lipinski definition) is 3. The van der Waals surface area contributed by atoms with Gasteiger partial charge < -0.3 is 5.32 Å². The minimum Gasteiger partial charge on any atom is -0.365 e. The predicted molar refractivity (Wildman–Crippen MR) is 64.4 cm³/mol. The highest BCUT2D eigenvalue weighted by Gasteiger charge is 2.16. The predicted octanol–water partition coefficient (Wildman–Crippen LogP) is 3.43. The topological polar surface area (TPSA) is 37.8 Å². The van der Waals surface area contributed by atoms with Crippen molar-refractivity contribution in [2.24, 2.45) is 0 Å². The number of aryl methyl sites for hydroxylation is 1. The Morgan fingerprint density at radius 1 is 1.40 bits per heavy atom. The van der Waals surface area contributed by atoms with Gasteiger partial charge in [0.15, 0.2) is 0 Å². The summed E-state index contributed by atoms with van der Waals surface area (Å²) in [6, 6.07) is 1.91. The molecular formula is C11H18ClN3. The van der Waals surface area contributed by atoms with E-state index in [9.17, 15) is 0 Å². The molecule has 1 aromatic rings. The zero-order valence-electron chi connectivity index (χ0n) is 9.76. The van der Waals surface area contributed by atoms with E-state index in [0.717, 1.165) is 24.4 Å². The molecule has 1 N–H and O–H groups in total. The Hall–Kier alpha value is -0.830. The fourth-order valence-corrected chi connectivity index (χ4v) is 1.85. The molecule has 4 heteroatoms. The number of nitrogens with one attached hydrogen (secondary N) is 1. The first kappa shape index (κ1) is 12.2. The number of nitrogens with zero attached hydrogens (tertiary/aromatic N) is 2. The zero-order chi connectivity index (χ0) is 11.5. The monoisotopic (exact) mass is 227 g/mol. The standard InChI is InChI=1S/C11H18ClN3/c1-5-6-11(3,4)15-9-7-8(2)13-10(12)14-9/h7H,5-6H2,1-4H3,(H,13,14,15). The van der Waals surface area contributed by atoms with E-state index in [0.29, 0.717) is 5.28 Å². The fourth-order valence-electron chi connectivity index (χ4n) is 1.63. The van der Waals surface area contributed by atoms with Gasteiger partial charge >= 0.3 is 0 Å². The summed E-state index contributed by atoms with van der Waals surface area (Å²) < 4.78 is 0. The van der Waals surface area contributed by atoms with Crippen LogP contribution in [0.3, 0.4) is 0 Å². The van der Waals surface area contributed by atoms with Crippen molar-refractivity contribution in [3.05, 3.63) is 17.0 Å². The maximum absolute atomic E-state index is 5.79. The lowest BCUT2D eigenvalue weighted by Crippen LogP contribution is -2.31. The van der Waals surface area contributed by atoms with E-state index in [-0.39, 0.29) is 5.54 Å². The Morgan fingerprint density at radius 2 is 2.07 bits per heavy atom. The van der Waals surface area contributed by atoms with Crippen LogP contribution in [-0.4, -0.2) is 15.5 Å². The molecule has 84 valence electrons. The Kier molecular flexibility index (Phi) is 3.91. The summed E-state index contributed by atoms with van der Waals surface area (Å²) in [6.45, 7) is 8.39. The molecule has 0 spiro atoms. The van der Waals surface area contributed by atoms with Crippen LogP contribution in [0.1, 0.15) is 39.3 Å². The van der Waals surface area contributed by atoms with Crippen molar-refractivity contribution >= 4 is 17.4 Å². The van der Waals surface area contributed by atoms with Crippen molar-refractivity contribution in [2.45, 2.75) is 46.1 Å². The molecule has 1 rings (SSSR count). The maximum atomic E-state index is 5.79. The van der Waals surface area contributed by atoms with Gasteiger partial charge in [-0.15, -0.1) is 0 Å². The first-order valence-corrected chi connectivity index (χ1v) is 5.60. The Bertz CT molecular complexity index is 316. The summed E-state index contributed by atoms with van der Waals surface area (Å²) in [5.41, 5.74) is 0.920. The fraction of sp³-hybridized carbons (Fsp3) is 0.636. The summed E-state index contributed by atoms with van der Waals surface area (Å²) in [6.07, 6.45) is 2.23. The van der Waals surface area contributed by atoms with E-state index < -0.39 is 0 Å². The smallest absolute Gasteiger partial charge is 0.224 e. The average Bonchev–Trinajstić information content (AvgIpc) is 1.99. The highest BCUT2D eigenvalue weighted by molar-refractivity contribution is 6.28. The molecule has 0 aromatic carbocycles. The van der Waals surface area contributed by atoms with Crippen molar-refractivity contribution in [3.63, 3.8) is 0 Å². The van der Waals surface area contributed by atoms with Crippen molar-refractivity contribution < 1.29 is 0 Å². The van der Waals surface area contributed by atoms with Crippen molar-refractivity contribution in [1.29, 1.82) is 0 Å². The molecule has 0 atom stereocenters. The number of aromatic nitrogens is 2. The van der Waals surface area contributed by atoms with Gasteiger partial charge in [-0.25, -0.2) is 9.97 Å². The van der Waals surface area contributed by atoms with Crippen LogP contribution in [0, 0.1) is 6.92 Å². The molecule has 1 heterocycles. The summed E-state index contributed by atoms with van der Waals surface area (Å²) in [7, 11) is 0. The first-order valence-electron chi connectivity index (χ1n) is 5.22. The van der Waals surface area contributed by atoms with E-state index in [4.69, 9.17) is 11.6 Å². The van der Waals surface area contributed by atoms with Gasteiger partial charge in [-0.2, -0.15) is 0 Å².